The number of hydrogen-bond acceptors (Lipinski definition) is 8. The van der Waals surface area contributed by atoms with Gasteiger partial charge in [0, 0.05) is 52.0 Å². The van der Waals surface area contributed by atoms with Gasteiger partial charge in [-0.25, -0.2) is 0 Å². The zero-order chi connectivity index (χ0) is 39.8. The highest BCUT2D eigenvalue weighted by molar-refractivity contribution is 6.91. The van der Waals surface area contributed by atoms with Gasteiger partial charge in [-0.15, -0.1) is 0 Å². The van der Waals surface area contributed by atoms with Gasteiger partial charge in [0.15, 0.2) is 5.60 Å². The number of anilines is 5. The minimum Gasteiger partial charge on any atom is -0.497 e. The summed E-state index contributed by atoms with van der Waals surface area (Å²) in [5.41, 5.74) is 15.6. The summed E-state index contributed by atoms with van der Waals surface area (Å²) in [6.07, 6.45) is -0.0456. The monoisotopic (exact) mass is 769 g/mol. The van der Waals surface area contributed by atoms with E-state index in [0.717, 1.165) is 11.3 Å². The first kappa shape index (κ1) is 38.3. The van der Waals surface area contributed by atoms with Gasteiger partial charge in [-0.2, -0.15) is 0 Å². The summed E-state index contributed by atoms with van der Waals surface area (Å²) >= 11 is 0. The van der Waals surface area contributed by atoms with Gasteiger partial charge in [-0.1, -0.05) is 49.5 Å². The molecule has 0 bridgehead atoms. The predicted octanol–water partition coefficient (Wildman–Crippen LogP) is 6.51. The molecular formula is C44H47N5O6Si. The van der Waals surface area contributed by atoms with E-state index in [1.165, 1.54) is 5.19 Å². The largest absolute Gasteiger partial charge is 0.497 e. The Morgan fingerprint density at radius 3 is 1.93 bits per heavy atom. The van der Waals surface area contributed by atoms with Crippen LogP contribution in [0.5, 0.6) is 5.75 Å². The van der Waals surface area contributed by atoms with Gasteiger partial charge in [0.05, 0.1) is 33.5 Å². The Morgan fingerprint density at radius 2 is 1.38 bits per heavy atom. The van der Waals surface area contributed by atoms with Crippen molar-refractivity contribution in [3.8, 4) is 5.75 Å². The maximum Gasteiger partial charge on any atom is 0.264 e. The summed E-state index contributed by atoms with van der Waals surface area (Å²) < 4.78 is 12.5. The third-order valence-corrected chi connectivity index (χ3v) is 15.8. The highest BCUT2D eigenvalue weighted by Crippen LogP contribution is 2.60. The molecule has 11 nitrogen and oxygen atoms in total. The van der Waals surface area contributed by atoms with Crippen molar-refractivity contribution in [1.82, 2.24) is 0 Å². The molecule has 1 saturated heterocycles. The average molecular weight is 770 g/mol. The summed E-state index contributed by atoms with van der Waals surface area (Å²) in [5.74, 6) is -0.309. The fourth-order valence-corrected chi connectivity index (χ4v) is 12.6. The molecule has 0 radical (unpaired) electrons. The van der Waals surface area contributed by atoms with Crippen molar-refractivity contribution in [2.75, 3.05) is 40.7 Å². The molecule has 12 heteroatoms. The Labute approximate surface area is 327 Å². The molecule has 3 amide bonds. The number of fused-ring (bicyclic) bond motifs is 2. The number of rotatable bonds is 11. The van der Waals surface area contributed by atoms with Crippen molar-refractivity contribution in [2.24, 2.45) is 5.92 Å². The molecule has 4 atom stereocenters. The minimum atomic E-state index is -2.40. The van der Waals surface area contributed by atoms with Gasteiger partial charge in [-0.05, 0) is 109 Å². The Hall–Kier alpha value is -5.95. The van der Waals surface area contributed by atoms with Crippen LogP contribution in [0.4, 0.5) is 28.4 Å². The van der Waals surface area contributed by atoms with Crippen molar-refractivity contribution < 1.29 is 29.0 Å². The maximum atomic E-state index is 15.2. The summed E-state index contributed by atoms with van der Waals surface area (Å²) in [4.78, 5) is 43.2. The molecule has 7 rings (SSSR count). The van der Waals surface area contributed by atoms with E-state index in [-0.39, 0.29) is 42.3 Å². The standard InChI is InChI=1S/C44H47N5O6Si/c1-27-40(56(3,4)36-20-18-35(54-2)19-21-36)39(23-24-50)55-44(27)37-25-34(48-42(52)30-9-13-32(46)14-10-30)17-22-38(37)49(43(44)53)26-28-5-15-33(16-6-28)47-41(51)29-7-11-31(45)12-8-29/h5-22,25,27,39-40,50H,23-24,26,45-46H2,1-4H3,(H,47,51)(H,48,52)/t27-,39+,40-,44+/m0/s1. The number of nitrogens with one attached hydrogen (secondary N) is 2. The van der Waals surface area contributed by atoms with Crippen LogP contribution in [0.15, 0.2) is 115 Å². The van der Waals surface area contributed by atoms with E-state index in [1.807, 2.05) is 48.5 Å². The molecule has 5 aromatic rings. The van der Waals surface area contributed by atoms with E-state index in [2.05, 4.69) is 42.8 Å². The molecule has 7 N–H and O–H groups in total. The molecule has 5 aromatic carbocycles. The molecule has 56 heavy (non-hydrogen) atoms. The Bertz CT molecular complexity index is 2250. The van der Waals surface area contributed by atoms with Crippen LogP contribution in [0.2, 0.25) is 18.6 Å². The normalized spacial score (nSPS) is 20.2. The average Bonchev–Trinajstić information content (AvgIpc) is 3.62. The van der Waals surface area contributed by atoms with Gasteiger partial charge in [0.25, 0.3) is 17.7 Å². The SMILES string of the molecule is COc1ccc([Si](C)(C)[C@@H]2[C@@H](CCO)O[C@]3(C(=O)N(Cc4ccc(NC(=O)c5ccc(N)cc5)cc4)c4ccc(NC(=O)c5ccc(N)cc5)cc43)[C@H]2C)cc1. The Morgan fingerprint density at radius 1 is 0.821 bits per heavy atom. The number of nitrogens with zero attached hydrogens (tertiary/aromatic N) is 1. The van der Waals surface area contributed by atoms with Crippen LogP contribution in [0.25, 0.3) is 0 Å². The first-order valence-corrected chi connectivity index (χ1v) is 21.8. The van der Waals surface area contributed by atoms with Crippen LogP contribution in [-0.4, -0.2) is 50.7 Å². The molecule has 0 saturated carbocycles. The first-order valence-electron chi connectivity index (χ1n) is 18.7. The number of carbonyl (C=O) groups excluding carboxylic acids is 3. The van der Waals surface area contributed by atoms with Gasteiger partial charge >= 0.3 is 0 Å². The fourth-order valence-electron chi connectivity index (χ4n) is 8.50. The van der Waals surface area contributed by atoms with Crippen molar-refractivity contribution in [3.05, 3.63) is 138 Å². The molecule has 0 unspecified atom stereocenters. The quantitative estimate of drug-likeness (QED) is 0.0749. The van der Waals surface area contributed by atoms with E-state index in [1.54, 1.807) is 66.6 Å². The summed E-state index contributed by atoms with van der Waals surface area (Å²) in [5, 5.41) is 17.4. The van der Waals surface area contributed by atoms with Gasteiger partial charge in [0.1, 0.15) is 5.75 Å². The van der Waals surface area contributed by atoms with Gasteiger partial charge in [0.2, 0.25) is 0 Å². The molecule has 2 heterocycles. The number of hydrogen-bond donors (Lipinski definition) is 5. The fraction of sp³-hybridized carbons (Fsp3) is 0.250. The zero-order valence-corrected chi connectivity index (χ0v) is 32.9. The van der Waals surface area contributed by atoms with Crippen LogP contribution < -0.4 is 36.9 Å². The zero-order valence-electron chi connectivity index (χ0n) is 31.9. The van der Waals surface area contributed by atoms with Gasteiger partial charge in [-0.3, -0.25) is 14.4 Å². The van der Waals surface area contributed by atoms with E-state index < -0.39 is 19.8 Å². The van der Waals surface area contributed by atoms with E-state index in [9.17, 15) is 14.7 Å². The molecule has 2 aliphatic rings. The lowest BCUT2D eigenvalue weighted by Crippen LogP contribution is -2.51. The number of nitrogen functional groups attached to an aromatic ring is 2. The summed E-state index contributed by atoms with van der Waals surface area (Å²) in [7, 11) is -0.764. The van der Waals surface area contributed by atoms with E-state index >= 15 is 4.79 Å². The van der Waals surface area contributed by atoms with Crippen molar-refractivity contribution >= 4 is 59.4 Å². The molecule has 2 aliphatic heterocycles. The molecule has 288 valence electrons. The van der Waals surface area contributed by atoms with Crippen molar-refractivity contribution in [3.63, 3.8) is 0 Å². The first-order chi connectivity index (χ1) is 26.8. The smallest absolute Gasteiger partial charge is 0.264 e. The van der Waals surface area contributed by atoms with E-state index in [0.29, 0.717) is 51.5 Å². The third-order valence-electron chi connectivity index (χ3n) is 11.4. The molecule has 1 spiro atoms. The highest BCUT2D eigenvalue weighted by Gasteiger charge is 2.66. The number of benzene rings is 5. The summed E-state index contributed by atoms with van der Waals surface area (Å²) in [6, 6.07) is 34.4. The number of nitrogens with two attached hydrogens (primary N) is 2. The number of aliphatic hydroxyl groups excluding tert-OH is 1. The van der Waals surface area contributed by atoms with Crippen LogP contribution >= 0.6 is 0 Å². The number of ether oxygens (including phenoxy) is 2. The van der Waals surface area contributed by atoms with E-state index in [4.69, 9.17) is 20.9 Å². The second kappa shape index (κ2) is 15.3. The highest BCUT2D eigenvalue weighted by atomic mass is 28.3. The van der Waals surface area contributed by atoms with Crippen LogP contribution in [0.1, 0.15) is 45.2 Å². The second-order valence-electron chi connectivity index (χ2n) is 15.1. The predicted molar refractivity (Wildman–Crippen MR) is 223 cm³/mol. The van der Waals surface area contributed by atoms with Crippen molar-refractivity contribution in [1.29, 1.82) is 0 Å². The van der Waals surface area contributed by atoms with Crippen LogP contribution in [-0.2, 0) is 21.7 Å². The summed E-state index contributed by atoms with van der Waals surface area (Å²) in [6.45, 7) is 6.81. The van der Waals surface area contributed by atoms with Gasteiger partial charge < -0.3 is 41.6 Å². The lowest BCUT2D eigenvalue weighted by atomic mass is 9.82. The van der Waals surface area contributed by atoms with Crippen molar-refractivity contribution in [2.45, 2.75) is 50.2 Å². The molecular weight excluding hydrogens is 723 g/mol. The lowest BCUT2D eigenvalue weighted by molar-refractivity contribution is -0.146. The minimum absolute atomic E-state index is 0.0585. The molecule has 0 aliphatic carbocycles. The number of methoxy groups -OCH3 is 1. The maximum absolute atomic E-state index is 15.2. The Balaban J connectivity index is 1.24. The van der Waals surface area contributed by atoms with Crippen LogP contribution in [0.3, 0.4) is 0 Å². The topological polar surface area (TPSA) is 169 Å². The lowest BCUT2D eigenvalue weighted by Gasteiger charge is -2.37. The number of amides is 3. The van der Waals surface area contributed by atoms with Crippen LogP contribution in [0, 0.1) is 5.92 Å². The number of aliphatic hydroxyl groups is 1. The number of carbonyl (C=O) groups is 3. The second-order valence-corrected chi connectivity index (χ2v) is 19.8. The third kappa shape index (κ3) is 7.02. The molecule has 1 fully saturated rings. The molecule has 0 aromatic heterocycles. The Kier molecular flexibility index (Phi) is 10.5.